The van der Waals surface area contributed by atoms with Crippen molar-refractivity contribution in [3.8, 4) is 0 Å². The zero-order valence-corrected chi connectivity index (χ0v) is 11.1. The molecule has 2 rings (SSSR count). The van der Waals surface area contributed by atoms with Crippen molar-refractivity contribution in [2.75, 3.05) is 20.2 Å². The van der Waals surface area contributed by atoms with Crippen molar-refractivity contribution in [2.45, 2.75) is 30.5 Å². The molecule has 0 radical (unpaired) electrons. The van der Waals surface area contributed by atoms with Crippen molar-refractivity contribution in [1.29, 1.82) is 0 Å². The van der Waals surface area contributed by atoms with E-state index >= 15 is 0 Å². The molecule has 1 aromatic rings. The Labute approximate surface area is 106 Å². The minimum absolute atomic E-state index is 0.0194. The number of nitrogens with zero attached hydrogens (tertiary/aromatic N) is 2. The van der Waals surface area contributed by atoms with Crippen molar-refractivity contribution < 1.29 is 13.2 Å². The van der Waals surface area contributed by atoms with Crippen molar-refractivity contribution in [3.63, 3.8) is 0 Å². The molecule has 1 atom stereocenters. The first-order valence-electron chi connectivity index (χ1n) is 5.86. The average Bonchev–Trinajstić information content (AvgIpc) is 2.98. The summed E-state index contributed by atoms with van der Waals surface area (Å²) < 4.78 is 31.3. The lowest BCUT2D eigenvalue weighted by Crippen LogP contribution is -2.34. The summed E-state index contributed by atoms with van der Waals surface area (Å²) in [6.07, 6.45) is 3.30. The fourth-order valence-electron chi connectivity index (χ4n) is 2.00. The van der Waals surface area contributed by atoms with Crippen LogP contribution in [0, 0.1) is 0 Å². The second kappa shape index (κ2) is 5.35. The summed E-state index contributed by atoms with van der Waals surface area (Å²) in [4.78, 5) is 0. The first kappa shape index (κ1) is 13.5. The summed E-state index contributed by atoms with van der Waals surface area (Å²) >= 11 is 0. The van der Waals surface area contributed by atoms with Gasteiger partial charge in [0.1, 0.15) is 0 Å². The number of hydrogen-bond acceptors (Lipinski definition) is 5. The summed E-state index contributed by atoms with van der Waals surface area (Å²) in [5, 5.41) is 6.31. The molecule has 0 saturated carbocycles. The fraction of sp³-hybridized carbons (Fsp3) is 0.700. The van der Waals surface area contributed by atoms with Gasteiger partial charge in [0.25, 0.3) is 10.0 Å². The zero-order chi connectivity index (χ0) is 13.2. The van der Waals surface area contributed by atoms with Gasteiger partial charge in [-0.2, -0.15) is 9.40 Å². The van der Waals surface area contributed by atoms with Gasteiger partial charge < -0.3 is 10.5 Å². The summed E-state index contributed by atoms with van der Waals surface area (Å²) in [7, 11) is -2.03. The van der Waals surface area contributed by atoms with Crippen LogP contribution >= 0.6 is 0 Å². The van der Waals surface area contributed by atoms with Crippen molar-refractivity contribution in [1.82, 2.24) is 14.5 Å². The molecule has 0 bridgehead atoms. The highest BCUT2D eigenvalue weighted by Gasteiger charge is 2.28. The molecule has 0 spiro atoms. The molecule has 1 aliphatic heterocycles. The third kappa shape index (κ3) is 2.56. The quantitative estimate of drug-likeness (QED) is 0.765. The molecule has 1 aromatic heterocycles. The lowest BCUT2D eigenvalue weighted by molar-refractivity contribution is 0.0978. The maximum Gasteiger partial charge on any atom is 0.260 e. The summed E-state index contributed by atoms with van der Waals surface area (Å²) in [5.41, 5.74) is 5.98. The molecule has 1 aliphatic rings. The van der Waals surface area contributed by atoms with Crippen LogP contribution in [-0.2, 0) is 21.3 Å². The van der Waals surface area contributed by atoms with Crippen LogP contribution < -0.4 is 5.73 Å². The predicted molar refractivity (Wildman–Crippen MR) is 65.3 cm³/mol. The molecule has 0 aliphatic carbocycles. The van der Waals surface area contributed by atoms with E-state index in [1.165, 1.54) is 17.5 Å². The lowest BCUT2D eigenvalue weighted by Gasteiger charge is -2.20. The van der Waals surface area contributed by atoms with Gasteiger partial charge in [0.2, 0.25) is 0 Å². The summed E-state index contributed by atoms with van der Waals surface area (Å²) in [5.74, 6) is 0. The molecule has 18 heavy (non-hydrogen) atoms. The maximum atomic E-state index is 12.3. The van der Waals surface area contributed by atoms with Crippen molar-refractivity contribution >= 4 is 10.0 Å². The molecule has 0 amide bonds. The van der Waals surface area contributed by atoms with E-state index in [4.69, 9.17) is 10.5 Å². The van der Waals surface area contributed by atoms with Gasteiger partial charge in [-0.15, -0.1) is 0 Å². The van der Waals surface area contributed by atoms with Gasteiger partial charge in [-0.1, -0.05) is 0 Å². The number of H-pyrrole nitrogens is 1. The SMILES string of the molecule is CN(CC1CCCO1)S(=O)(=O)c1[nH]ncc1CN. The van der Waals surface area contributed by atoms with Gasteiger partial charge >= 0.3 is 0 Å². The van der Waals surface area contributed by atoms with Gasteiger partial charge in [-0.25, -0.2) is 8.42 Å². The first-order valence-corrected chi connectivity index (χ1v) is 7.30. The maximum absolute atomic E-state index is 12.3. The van der Waals surface area contributed by atoms with Crippen LogP contribution in [0.4, 0.5) is 0 Å². The highest BCUT2D eigenvalue weighted by atomic mass is 32.2. The number of likely N-dealkylation sites (N-methyl/N-ethyl adjacent to an activating group) is 1. The Balaban J connectivity index is 2.14. The number of rotatable bonds is 5. The van der Waals surface area contributed by atoms with Crippen LogP contribution in [0.3, 0.4) is 0 Å². The summed E-state index contributed by atoms with van der Waals surface area (Å²) in [6.45, 7) is 1.20. The monoisotopic (exact) mass is 274 g/mol. The number of ether oxygens (including phenoxy) is 1. The topological polar surface area (TPSA) is 101 Å². The normalized spacial score (nSPS) is 20.7. The van der Waals surface area contributed by atoms with Gasteiger partial charge in [-0.05, 0) is 12.8 Å². The van der Waals surface area contributed by atoms with E-state index in [0.29, 0.717) is 18.7 Å². The highest BCUT2D eigenvalue weighted by molar-refractivity contribution is 7.89. The van der Waals surface area contributed by atoms with E-state index in [2.05, 4.69) is 10.2 Å². The summed E-state index contributed by atoms with van der Waals surface area (Å²) in [6, 6.07) is 0. The van der Waals surface area contributed by atoms with Crippen LogP contribution in [0.5, 0.6) is 0 Å². The fourth-order valence-corrected chi connectivity index (χ4v) is 3.31. The molecule has 102 valence electrons. The minimum atomic E-state index is -3.57. The number of nitrogens with one attached hydrogen (secondary N) is 1. The van der Waals surface area contributed by atoms with E-state index in [-0.39, 0.29) is 17.7 Å². The Morgan fingerprint density at radius 2 is 2.44 bits per heavy atom. The van der Waals surface area contributed by atoms with E-state index in [0.717, 1.165) is 12.8 Å². The van der Waals surface area contributed by atoms with E-state index in [1.807, 2.05) is 0 Å². The third-order valence-corrected chi connectivity index (χ3v) is 4.89. The smallest absolute Gasteiger partial charge is 0.260 e. The molecular formula is C10H18N4O3S. The molecule has 1 saturated heterocycles. The van der Waals surface area contributed by atoms with Crippen LogP contribution in [0.2, 0.25) is 0 Å². The van der Waals surface area contributed by atoms with E-state index < -0.39 is 10.0 Å². The molecule has 2 heterocycles. The van der Waals surface area contributed by atoms with Gasteiger partial charge in [0.15, 0.2) is 5.03 Å². The van der Waals surface area contributed by atoms with Crippen LogP contribution in [0.25, 0.3) is 0 Å². The Kier molecular flexibility index (Phi) is 4.00. The third-order valence-electron chi connectivity index (χ3n) is 3.05. The molecule has 1 unspecified atom stereocenters. The first-order chi connectivity index (χ1) is 8.55. The zero-order valence-electron chi connectivity index (χ0n) is 10.3. The van der Waals surface area contributed by atoms with Crippen LogP contribution in [0.15, 0.2) is 11.2 Å². The Morgan fingerprint density at radius 3 is 3.06 bits per heavy atom. The molecular weight excluding hydrogens is 256 g/mol. The second-order valence-corrected chi connectivity index (χ2v) is 6.33. The Morgan fingerprint density at radius 1 is 1.67 bits per heavy atom. The highest BCUT2D eigenvalue weighted by Crippen LogP contribution is 2.19. The lowest BCUT2D eigenvalue weighted by atomic mass is 10.2. The molecule has 3 N–H and O–H groups in total. The molecule has 8 heteroatoms. The van der Waals surface area contributed by atoms with Gasteiger partial charge in [-0.3, -0.25) is 5.10 Å². The number of nitrogens with two attached hydrogens (primary N) is 1. The Hall–Kier alpha value is -0.960. The van der Waals surface area contributed by atoms with Crippen molar-refractivity contribution in [2.24, 2.45) is 5.73 Å². The van der Waals surface area contributed by atoms with Crippen LogP contribution in [-0.4, -0.2) is 49.2 Å². The van der Waals surface area contributed by atoms with Crippen molar-refractivity contribution in [3.05, 3.63) is 11.8 Å². The van der Waals surface area contributed by atoms with Gasteiger partial charge in [0.05, 0.1) is 12.3 Å². The molecule has 1 fully saturated rings. The number of sulfonamides is 1. The van der Waals surface area contributed by atoms with Gasteiger partial charge in [0, 0.05) is 32.3 Å². The standard InChI is InChI=1S/C10H18N4O3S/c1-14(7-9-3-2-4-17-9)18(15,16)10-8(5-11)6-12-13-10/h6,9H,2-5,7,11H2,1H3,(H,12,13). The largest absolute Gasteiger partial charge is 0.377 e. The number of aromatic nitrogens is 2. The number of hydrogen-bond donors (Lipinski definition) is 2. The average molecular weight is 274 g/mol. The predicted octanol–water partition coefficient (Wildman–Crippen LogP) is -0.332. The molecule has 7 nitrogen and oxygen atoms in total. The van der Waals surface area contributed by atoms with E-state index in [1.54, 1.807) is 0 Å². The Bertz CT molecular complexity index is 493. The number of aromatic amines is 1. The second-order valence-electron chi connectivity index (χ2n) is 4.35. The minimum Gasteiger partial charge on any atom is -0.377 e. The van der Waals surface area contributed by atoms with Crippen LogP contribution in [0.1, 0.15) is 18.4 Å². The van der Waals surface area contributed by atoms with E-state index in [9.17, 15) is 8.42 Å². The molecule has 0 aromatic carbocycles.